The van der Waals surface area contributed by atoms with Crippen molar-refractivity contribution in [1.82, 2.24) is 10.9 Å². The zero-order chi connectivity index (χ0) is 17.1. The summed E-state index contributed by atoms with van der Waals surface area (Å²) in [5, 5.41) is 0.844. The number of carbonyl (C=O) groups excluding carboxylic acids is 2. The molecule has 2 N–H and O–H groups in total. The topological polar surface area (TPSA) is 71.3 Å². The van der Waals surface area contributed by atoms with Crippen LogP contribution in [-0.2, 0) is 11.2 Å². The second-order valence-corrected chi connectivity index (χ2v) is 5.42. The van der Waals surface area contributed by atoms with E-state index in [1.807, 2.05) is 25.1 Å². The van der Waals surface area contributed by atoms with E-state index in [-0.39, 0.29) is 12.0 Å². The average molecular weight is 326 g/mol. The van der Waals surface area contributed by atoms with Crippen molar-refractivity contribution >= 4 is 22.8 Å². The number of benzene rings is 2. The molecule has 0 spiro atoms. The van der Waals surface area contributed by atoms with E-state index in [0.29, 0.717) is 11.1 Å². The lowest BCUT2D eigenvalue weighted by atomic mass is 10.1. The Kier molecular flexibility index (Phi) is 4.29. The van der Waals surface area contributed by atoms with Gasteiger partial charge in [0.2, 0.25) is 5.91 Å². The van der Waals surface area contributed by atoms with Crippen LogP contribution in [0, 0.1) is 12.7 Å². The van der Waals surface area contributed by atoms with Crippen LogP contribution in [0.1, 0.15) is 21.5 Å². The average Bonchev–Trinajstić information content (AvgIpc) is 2.95. The van der Waals surface area contributed by atoms with Gasteiger partial charge in [-0.25, -0.2) is 4.39 Å². The lowest BCUT2D eigenvalue weighted by molar-refractivity contribution is -0.121. The van der Waals surface area contributed by atoms with Gasteiger partial charge in [-0.2, -0.15) is 0 Å². The number of rotatable bonds is 3. The molecule has 3 aromatic rings. The van der Waals surface area contributed by atoms with Crippen molar-refractivity contribution in [3.8, 4) is 0 Å². The Morgan fingerprint density at radius 2 is 1.92 bits per heavy atom. The summed E-state index contributed by atoms with van der Waals surface area (Å²) >= 11 is 0. The largest absolute Gasteiger partial charge is 0.464 e. The van der Waals surface area contributed by atoms with E-state index in [1.165, 1.54) is 24.5 Å². The molecule has 0 fully saturated rings. The van der Waals surface area contributed by atoms with E-state index in [4.69, 9.17) is 4.42 Å². The summed E-state index contributed by atoms with van der Waals surface area (Å²) in [5.74, 6) is -1.79. The van der Waals surface area contributed by atoms with Gasteiger partial charge in [0, 0.05) is 10.9 Å². The molecule has 0 aliphatic heterocycles. The van der Waals surface area contributed by atoms with Crippen LogP contribution in [0.4, 0.5) is 4.39 Å². The highest BCUT2D eigenvalue weighted by molar-refractivity contribution is 5.96. The van der Waals surface area contributed by atoms with Gasteiger partial charge < -0.3 is 4.42 Å². The Bertz CT molecular complexity index is 918. The van der Waals surface area contributed by atoms with Crippen molar-refractivity contribution in [1.29, 1.82) is 0 Å². The fourth-order valence-corrected chi connectivity index (χ4v) is 2.38. The Morgan fingerprint density at radius 3 is 2.71 bits per heavy atom. The molecule has 5 nitrogen and oxygen atoms in total. The normalized spacial score (nSPS) is 10.6. The predicted molar refractivity (Wildman–Crippen MR) is 86.7 cm³/mol. The van der Waals surface area contributed by atoms with Gasteiger partial charge in [0.1, 0.15) is 11.4 Å². The third-order valence-corrected chi connectivity index (χ3v) is 3.60. The summed E-state index contributed by atoms with van der Waals surface area (Å²) < 4.78 is 18.9. The molecular weight excluding hydrogens is 311 g/mol. The zero-order valence-corrected chi connectivity index (χ0v) is 12.9. The number of halogens is 1. The van der Waals surface area contributed by atoms with Crippen LogP contribution in [0.15, 0.2) is 53.1 Å². The minimum Gasteiger partial charge on any atom is -0.464 e. The van der Waals surface area contributed by atoms with Crippen molar-refractivity contribution in [3.05, 3.63) is 71.2 Å². The van der Waals surface area contributed by atoms with Gasteiger partial charge in [-0.15, -0.1) is 0 Å². The van der Waals surface area contributed by atoms with E-state index >= 15 is 0 Å². The SMILES string of the molecule is Cc1ccc2c(CC(=O)NNC(=O)c3ccccc3F)coc2c1. The van der Waals surface area contributed by atoms with Gasteiger partial charge in [-0.3, -0.25) is 20.4 Å². The third kappa shape index (κ3) is 3.27. The molecular formula is C18H15FN2O3. The van der Waals surface area contributed by atoms with Gasteiger partial charge in [0.05, 0.1) is 18.2 Å². The second kappa shape index (κ2) is 6.54. The minimum absolute atomic E-state index is 0.0353. The maximum atomic E-state index is 13.5. The number of fused-ring (bicyclic) bond motifs is 1. The number of aryl methyl sites for hydroxylation is 1. The molecule has 0 aliphatic carbocycles. The Hall–Kier alpha value is -3.15. The number of hydrazine groups is 1. The molecule has 1 heterocycles. The van der Waals surface area contributed by atoms with Crippen molar-refractivity contribution < 1.29 is 18.4 Å². The molecule has 2 aromatic carbocycles. The van der Waals surface area contributed by atoms with Crippen molar-refractivity contribution in [3.63, 3.8) is 0 Å². The molecule has 0 atom stereocenters. The van der Waals surface area contributed by atoms with Gasteiger partial charge in [0.25, 0.3) is 5.91 Å². The Balaban J connectivity index is 1.63. The first-order chi connectivity index (χ1) is 11.5. The van der Waals surface area contributed by atoms with Crippen LogP contribution >= 0.6 is 0 Å². The zero-order valence-electron chi connectivity index (χ0n) is 12.9. The highest BCUT2D eigenvalue weighted by Gasteiger charge is 2.13. The summed E-state index contributed by atoms with van der Waals surface area (Å²) in [6.07, 6.45) is 1.55. The summed E-state index contributed by atoms with van der Waals surface area (Å²) in [4.78, 5) is 23.8. The molecule has 0 saturated carbocycles. The smallest absolute Gasteiger partial charge is 0.272 e. The number of amides is 2. The summed E-state index contributed by atoms with van der Waals surface area (Å²) in [5.41, 5.74) is 6.81. The van der Waals surface area contributed by atoms with Crippen LogP contribution in [0.25, 0.3) is 11.0 Å². The van der Waals surface area contributed by atoms with E-state index in [9.17, 15) is 14.0 Å². The molecule has 24 heavy (non-hydrogen) atoms. The minimum atomic E-state index is -0.714. The van der Waals surface area contributed by atoms with Crippen molar-refractivity contribution in [2.45, 2.75) is 13.3 Å². The Labute approximate surface area is 137 Å². The van der Waals surface area contributed by atoms with Gasteiger partial charge in [-0.05, 0) is 30.7 Å². The number of furan rings is 1. The van der Waals surface area contributed by atoms with Crippen LogP contribution < -0.4 is 10.9 Å². The molecule has 0 unspecified atom stereocenters. The van der Waals surface area contributed by atoms with E-state index in [1.54, 1.807) is 6.07 Å². The molecule has 0 saturated heterocycles. The summed E-state index contributed by atoms with van der Waals surface area (Å²) in [7, 11) is 0. The van der Waals surface area contributed by atoms with Gasteiger partial charge >= 0.3 is 0 Å². The number of carbonyl (C=O) groups is 2. The highest BCUT2D eigenvalue weighted by Crippen LogP contribution is 2.22. The third-order valence-electron chi connectivity index (χ3n) is 3.60. The molecule has 1 aromatic heterocycles. The first kappa shape index (κ1) is 15.7. The van der Waals surface area contributed by atoms with Crippen LogP contribution in [0.3, 0.4) is 0 Å². The first-order valence-electron chi connectivity index (χ1n) is 7.35. The Morgan fingerprint density at radius 1 is 1.12 bits per heavy atom. The molecule has 122 valence electrons. The maximum Gasteiger partial charge on any atom is 0.272 e. The molecule has 3 rings (SSSR count). The van der Waals surface area contributed by atoms with E-state index in [2.05, 4.69) is 10.9 Å². The fourth-order valence-electron chi connectivity index (χ4n) is 2.38. The van der Waals surface area contributed by atoms with Crippen molar-refractivity contribution in [2.24, 2.45) is 0 Å². The molecule has 0 radical (unpaired) electrons. The van der Waals surface area contributed by atoms with Gasteiger partial charge in [-0.1, -0.05) is 24.3 Å². The first-order valence-corrected chi connectivity index (χ1v) is 7.35. The van der Waals surface area contributed by atoms with Crippen LogP contribution in [0.2, 0.25) is 0 Å². The van der Waals surface area contributed by atoms with E-state index in [0.717, 1.165) is 10.9 Å². The maximum absolute atomic E-state index is 13.5. The predicted octanol–water partition coefficient (Wildman–Crippen LogP) is 2.88. The summed E-state index contributed by atoms with van der Waals surface area (Å²) in [6.45, 7) is 1.95. The molecule has 6 heteroatoms. The highest BCUT2D eigenvalue weighted by atomic mass is 19.1. The van der Waals surface area contributed by atoms with Crippen LogP contribution in [-0.4, -0.2) is 11.8 Å². The second-order valence-electron chi connectivity index (χ2n) is 5.42. The summed E-state index contributed by atoms with van der Waals surface area (Å²) in [6, 6.07) is 11.2. The molecule has 0 bridgehead atoms. The van der Waals surface area contributed by atoms with Crippen molar-refractivity contribution in [2.75, 3.05) is 0 Å². The lowest BCUT2D eigenvalue weighted by Gasteiger charge is -2.07. The molecule has 0 aliphatic rings. The monoisotopic (exact) mass is 326 g/mol. The number of nitrogens with one attached hydrogen (secondary N) is 2. The van der Waals surface area contributed by atoms with E-state index < -0.39 is 17.6 Å². The molecule has 2 amide bonds. The fraction of sp³-hybridized carbons (Fsp3) is 0.111. The van der Waals surface area contributed by atoms with Gasteiger partial charge in [0.15, 0.2) is 0 Å². The standard InChI is InChI=1S/C18H15FN2O3/c1-11-6-7-13-12(10-24-16(13)8-11)9-17(22)20-21-18(23)14-4-2-3-5-15(14)19/h2-8,10H,9H2,1H3,(H,20,22)(H,21,23). The quantitative estimate of drug-likeness (QED) is 0.727. The number of hydrogen-bond donors (Lipinski definition) is 2. The lowest BCUT2D eigenvalue weighted by Crippen LogP contribution is -2.42. The number of hydrogen-bond acceptors (Lipinski definition) is 3. The van der Waals surface area contributed by atoms with Crippen LogP contribution in [0.5, 0.6) is 0 Å².